The van der Waals surface area contributed by atoms with Crippen LogP contribution in [-0.4, -0.2) is 9.78 Å². The number of halogens is 3. The fourth-order valence-corrected chi connectivity index (χ4v) is 1.70. The number of aryl methyl sites for hydroxylation is 2. The Morgan fingerprint density at radius 3 is 2.33 bits per heavy atom. The standard InChI is InChI=1S/C7H10Cl2N2.ClH/c1-3-5-7(9)6(4-8)11(2)10-5;/h3-4H2,1-2H3;1H. The van der Waals surface area contributed by atoms with Gasteiger partial charge in [-0.2, -0.15) is 5.10 Å². The largest absolute Gasteiger partial charge is 0.270 e. The molecule has 12 heavy (non-hydrogen) atoms. The van der Waals surface area contributed by atoms with Crippen molar-refractivity contribution in [2.45, 2.75) is 19.2 Å². The number of alkyl halides is 1. The minimum atomic E-state index is 0. The number of aromatic nitrogens is 2. The summed E-state index contributed by atoms with van der Waals surface area (Å²) in [6.07, 6.45) is 0.851. The molecule has 0 N–H and O–H groups in total. The molecule has 2 nitrogen and oxygen atoms in total. The fraction of sp³-hybridized carbons (Fsp3) is 0.571. The molecule has 0 spiro atoms. The second kappa shape index (κ2) is 4.95. The van der Waals surface area contributed by atoms with Crippen LogP contribution in [0.15, 0.2) is 0 Å². The third kappa shape index (κ3) is 2.06. The highest BCUT2D eigenvalue weighted by Crippen LogP contribution is 2.21. The van der Waals surface area contributed by atoms with Gasteiger partial charge in [0.1, 0.15) is 0 Å². The van der Waals surface area contributed by atoms with E-state index in [1.54, 1.807) is 4.68 Å². The first-order chi connectivity index (χ1) is 5.20. The predicted molar refractivity (Wildman–Crippen MR) is 54.4 cm³/mol. The highest BCUT2D eigenvalue weighted by atomic mass is 35.5. The second-order valence-electron chi connectivity index (χ2n) is 2.32. The number of hydrogen-bond acceptors (Lipinski definition) is 1. The molecule has 0 amide bonds. The number of hydrogen-bond donors (Lipinski definition) is 0. The van der Waals surface area contributed by atoms with Gasteiger partial charge in [0, 0.05) is 7.05 Å². The zero-order valence-electron chi connectivity index (χ0n) is 6.97. The summed E-state index contributed by atoms with van der Waals surface area (Å²) in [6, 6.07) is 0. The minimum Gasteiger partial charge on any atom is -0.270 e. The molecule has 1 aromatic rings. The van der Waals surface area contributed by atoms with E-state index in [0.29, 0.717) is 10.9 Å². The van der Waals surface area contributed by atoms with E-state index < -0.39 is 0 Å². The number of nitrogens with zero attached hydrogens (tertiary/aromatic N) is 2. The number of rotatable bonds is 2. The van der Waals surface area contributed by atoms with E-state index in [2.05, 4.69) is 5.10 Å². The highest BCUT2D eigenvalue weighted by Gasteiger charge is 2.10. The SMILES string of the molecule is CCc1nn(C)c(CCl)c1Cl.Cl. The molecular formula is C7H11Cl3N2. The normalized spacial score (nSPS) is 9.67. The van der Waals surface area contributed by atoms with Crippen LogP contribution in [0.1, 0.15) is 18.3 Å². The van der Waals surface area contributed by atoms with E-state index in [4.69, 9.17) is 23.2 Å². The molecule has 70 valence electrons. The van der Waals surface area contributed by atoms with Crippen LogP contribution in [0.3, 0.4) is 0 Å². The maximum Gasteiger partial charge on any atom is 0.0862 e. The quantitative estimate of drug-likeness (QED) is 0.713. The maximum atomic E-state index is 5.96. The van der Waals surface area contributed by atoms with Gasteiger partial charge in [0.2, 0.25) is 0 Å². The zero-order valence-corrected chi connectivity index (χ0v) is 9.30. The van der Waals surface area contributed by atoms with Gasteiger partial charge in [-0.1, -0.05) is 18.5 Å². The van der Waals surface area contributed by atoms with E-state index in [-0.39, 0.29) is 12.4 Å². The molecule has 0 aliphatic heterocycles. The van der Waals surface area contributed by atoms with Crippen LogP contribution >= 0.6 is 35.6 Å². The molecule has 0 aromatic carbocycles. The topological polar surface area (TPSA) is 17.8 Å². The van der Waals surface area contributed by atoms with Crippen molar-refractivity contribution in [3.8, 4) is 0 Å². The van der Waals surface area contributed by atoms with Gasteiger partial charge in [-0.05, 0) is 6.42 Å². The van der Waals surface area contributed by atoms with Crippen molar-refractivity contribution in [1.82, 2.24) is 9.78 Å². The van der Waals surface area contributed by atoms with Crippen LogP contribution in [0.5, 0.6) is 0 Å². The third-order valence-corrected chi connectivity index (χ3v) is 2.32. The Labute approximate surface area is 88.3 Å². The van der Waals surface area contributed by atoms with Gasteiger partial charge in [0.15, 0.2) is 0 Å². The smallest absolute Gasteiger partial charge is 0.0862 e. The summed E-state index contributed by atoms with van der Waals surface area (Å²) in [5, 5.41) is 4.91. The molecule has 5 heteroatoms. The minimum absolute atomic E-state index is 0. The van der Waals surface area contributed by atoms with Crippen LogP contribution < -0.4 is 0 Å². The monoisotopic (exact) mass is 228 g/mol. The van der Waals surface area contributed by atoms with Gasteiger partial charge in [-0.15, -0.1) is 24.0 Å². The van der Waals surface area contributed by atoms with Crippen LogP contribution in [0.25, 0.3) is 0 Å². The Kier molecular flexibility index (Phi) is 4.98. The van der Waals surface area contributed by atoms with E-state index in [1.807, 2.05) is 14.0 Å². The molecule has 0 atom stereocenters. The van der Waals surface area contributed by atoms with Crippen molar-refractivity contribution in [1.29, 1.82) is 0 Å². The van der Waals surface area contributed by atoms with Gasteiger partial charge in [-0.25, -0.2) is 0 Å². The summed E-state index contributed by atoms with van der Waals surface area (Å²) >= 11 is 11.6. The Morgan fingerprint density at radius 1 is 1.50 bits per heavy atom. The lowest BCUT2D eigenvalue weighted by Gasteiger charge is -1.93. The first kappa shape index (κ1) is 12.1. The van der Waals surface area contributed by atoms with Crippen molar-refractivity contribution in [3.05, 3.63) is 16.4 Å². The fourth-order valence-electron chi connectivity index (χ4n) is 0.965. The van der Waals surface area contributed by atoms with Gasteiger partial charge >= 0.3 is 0 Å². The summed E-state index contributed by atoms with van der Waals surface area (Å²) in [5.41, 5.74) is 1.81. The predicted octanol–water partition coefficient (Wildman–Crippen LogP) is 2.80. The molecule has 0 aliphatic rings. The Hall–Kier alpha value is 0.0800. The van der Waals surface area contributed by atoms with Gasteiger partial charge in [-0.3, -0.25) is 4.68 Å². The van der Waals surface area contributed by atoms with Crippen molar-refractivity contribution in [2.75, 3.05) is 0 Å². The van der Waals surface area contributed by atoms with Crippen molar-refractivity contribution in [2.24, 2.45) is 7.05 Å². The Bertz CT molecular complexity index is 257. The third-order valence-electron chi connectivity index (χ3n) is 1.63. The van der Waals surface area contributed by atoms with E-state index in [1.165, 1.54) is 0 Å². The van der Waals surface area contributed by atoms with Crippen LogP contribution in [0, 0.1) is 0 Å². The summed E-state index contributed by atoms with van der Waals surface area (Å²) in [5.74, 6) is 0.419. The maximum absolute atomic E-state index is 5.96. The molecule has 0 saturated carbocycles. The van der Waals surface area contributed by atoms with Crippen LogP contribution in [0.4, 0.5) is 0 Å². The molecule has 0 bridgehead atoms. The summed E-state index contributed by atoms with van der Waals surface area (Å²) < 4.78 is 1.73. The molecule has 0 aliphatic carbocycles. The van der Waals surface area contributed by atoms with E-state index >= 15 is 0 Å². The van der Waals surface area contributed by atoms with E-state index in [0.717, 1.165) is 17.8 Å². The first-order valence-corrected chi connectivity index (χ1v) is 4.38. The van der Waals surface area contributed by atoms with Crippen molar-refractivity contribution >= 4 is 35.6 Å². The van der Waals surface area contributed by atoms with Gasteiger partial charge < -0.3 is 0 Å². The highest BCUT2D eigenvalue weighted by molar-refractivity contribution is 6.32. The average molecular weight is 230 g/mol. The molecule has 0 radical (unpaired) electrons. The lowest BCUT2D eigenvalue weighted by molar-refractivity contribution is 0.719. The molecule has 1 heterocycles. The molecule has 0 saturated heterocycles. The average Bonchev–Trinajstić information content (AvgIpc) is 2.26. The zero-order chi connectivity index (χ0) is 8.43. The summed E-state index contributed by atoms with van der Waals surface area (Å²) in [6.45, 7) is 2.02. The van der Waals surface area contributed by atoms with E-state index in [9.17, 15) is 0 Å². The molecule has 0 unspecified atom stereocenters. The lowest BCUT2D eigenvalue weighted by Crippen LogP contribution is -1.95. The molecular weight excluding hydrogens is 218 g/mol. The molecule has 0 fully saturated rings. The summed E-state index contributed by atoms with van der Waals surface area (Å²) in [4.78, 5) is 0. The Balaban J connectivity index is 0.00000121. The van der Waals surface area contributed by atoms with Crippen molar-refractivity contribution < 1.29 is 0 Å². The van der Waals surface area contributed by atoms with Crippen LogP contribution in [0.2, 0.25) is 5.02 Å². The summed E-state index contributed by atoms with van der Waals surface area (Å²) in [7, 11) is 1.85. The van der Waals surface area contributed by atoms with Gasteiger partial charge in [0.25, 0.3) is 0 Å². The lowest BCUT2D eigenvalue weighted by atomic mass is 10.3. The second-order valence-corrected chi connectivity index (χ2v) is 2.96. The molecule has 1 aromatic heterocycles. The van der Waals surface area contributed by atoms with Gasteiger partial charge in [0.05, 0.1) is 22.3 Å². The van der Waals surface area contributed by atoms with Crippen LogP contribution in [-0.2, 0) is 19.3 Å². The van der Waals surface area contributed by atoms with Crippen molar-refractivity contribution in [3.63, 3.8) is 0 Å². The molecule has 1 rings (SSSR count). The first-order valence-electron chi connectivity index (χ1n) is 3.46. The Morgan fingerprint density at radius 2 is 2.08 bits per heavy atom.